The van der Waals surface area contributed by atoms with Gasteiger partial charge in [0.1, 0.15) is 0 Å². The minimum absolute atomic E-state index is 0.931. The van der Waals surface area contributed by atoms with Gasteiger partial charge in [-0.1, -0.05) is 43.0 Å². The topological polar surface area (TPSA) is 26.0 Å². The van der Waals surface area contributed by atoms with Gasteiger partial charge >= 0.3 is 0 Å². The van der Waals surface area contributed by atoms with Gasteiger partial charge in [-0.15, -0.1) is 0 Å². The average molecular weight is 175 g/mol. The molecule has 0 saturated heterocycles. The molecular formula is C12H17N. The van der Waals surface area contributed by atoms with Crippen LogP contribution in [0.3, 0.4) is 0 Å². The van der Waals surface area contributed by atoms with E-state index in [1.807, 2.05) is 32.1 Å². The largest absolute Gasteiger partial charge is 0.404 e. The molecule has 0 amide bonds. The van der Waals surface area contributed by atoms with Crippen molar-refractivity contribution in [2.75, 3.05) is 0 Å². The molecule has 0 atom stereocenters. The third kappa shape index (κ3) is 4.16. The Labute approximate surface area is 80.6 Å². The van der Waals surface area contributed by atoms with Crippen molar-refractivity contribution in [3.05, 3.63) is 60.4 Å². The Balaban J connectivity index is 4.74. The minimum Gasteiger partial charge on any atom is -0.404 e. The Bertz CT molecular complexity index is 277. The highest BCUT2D eigenvalue weighted by atomic mass is 14.5. The van der Waals surface area contributed by atoms with Crippen LogP contribution in [0.4, 0.5) is 0 Å². The van der Waals surface area contributed by atoms with E-state index in [4.69, 9.17) is 5.73 Å². The van der Waals surface area contributed by atoms with E-state index >= 15 is 0 Å². The molecule has 0 aromatic carbocycles. The van der Waals surface area contributed by atoms with Crippen LogP contribution >= 0.6 is 0 Å². The zero-order valence-electron chi connectivity index (χ0n) is 8.38. The van der Waals surface area contributed by atoms with E-state index in [2.05, 4.69) is 13.2 Å². The van der Waals surface area contributed by atoms with Gasteiger partial charge in [0.15, 0.2) is 0 Å². The van der Waals surface area contributed by atoms with Gasteiger partial charge in [0.05, 0.1) is 0 Å². The molecule has 0 fully saturated rings. The first-order valence-corrected chi connectivity index (χ1v) is 4.20. The Morgan fingerprint density at radius 3 is 2.15 bits per heavy atom. The molecule has 0 aromatic rings. The molecule has 1 nitrogen and oxygen atoms in total. The monoisotopic (exact) mass is 175 g/mol. The van der Waals surface area contributed by atoms with Crippen LogP contribution in [-0.4, -0.2) is 0 Å². The fourth-order valence-corrected chi connectivity index (χ4v) is 0.873. The number of nitrogens with two attached hydrogens (primary N) is 1. The van der Waals surface area contributed by atoms with Crippen LogP contribution in [0.15, 0.2) is 60.4 Å². The van der Waals surface area contributed by atoms with Gasteiger partial charge in [-0.2, -0.15) is 0 Å². The molecule has 0 rings (SSSR count). The molecule has 0 heterocycles. The van der Waals surface area contributed by atoms with Gasteiger partial charge in [0, 0.05) is 6.20 Å². The molecule has 0 aliphatic carbocycles. The summed E-state index contributed by atoms with van der Waals surface area (Å²) < 4.78 is 0. The second-order valence-corrected chi connectivity index (χ2v) is 2.75. The maximum atomic E-state index is 5.44. The number of allylic oxidation sites excluding steroid dienone is 7. The molecule has 0 spiro atoms. The second-order valence-electron chi connectivity index (χ2n) is 2.75. The number of hydrogen-bond donors (Lipinski definition) is 1. The van der Waals surface area contributed by atoms with E-state index in [0.29, 0.717) is 0 Å². The normalized spacial score (nSPS) is 13.4. The maximum absolute atomic E-state index is 5.44. The predicted molar refractivity (Wildman–Crippen MR) is 60.2 cm³/mol. The predicted octanol–water partition coefficient (Wildman–Crippen LogP) is 3.09. The van der Waals surface area contributed by atoms with Crippen LogP contribution < -0.4 is 5.73 Å². The number of rotatable bonds is 4. The summed E-state index contributed by atoms with van der Waals surface area (Å²) in [6.07, 6.45) is 9.19. The smallest absolute Gasteiger partial charge is 0.00172 e. The van der Waals surface area contributed by atoms with Gasteiger partial charge in [0.2, 0.25) is 0 Å². The first-order chi connectivity index (χ1) is 6.15. The van der Waals surface area contributed by atoms with Gasteiger partial charge in [-0.05, 0) is 25.0 Å². The van der Waals surface area contributed by atoms with Crippen molar-refractivity contribution in [1.82, 2.24) is 0 Å². The molecule has 2 N–H and O–H groups in total. The molecule has 0 radical (unpaired) electrons. The minimum atomic E-state index is 0.931. The molecule has 0 aliphatic rings. The summed E-state index contributed by atoms with van der Waals surface area (Å²) in [5, 5.41) is 0. The van der Waals surface area contributed by atoms with Crippen LogP contribution in [0.2, 0.25) is 0 Å². The standard InChI is InChI=1S/C12H17N/c1-5-11(8-7-10(3)4)12(6-2)9-13/h5-9H,2-3,13H2,1,4H3/b8-7-,11-5+,12-9+. The summed E-state index contributed by atoms with van der Waals surface area (Å²) in [7, 11) is 0. The van der Waals surface area contributed by atoms with Crippen LogP contribution in [0.5, 0.6) is 0 Å². The summed E-state index contributed by atoms with van der Waals surface area (Å²) in [6, 6.07) is 0. The summed E-state index contributed by atoms with van der Waals surface area (Å²) in [5.74, 6) is 0. The Morgan fingerprint density at radius 1 is 1.23 bits per heavy atom. The van der Waals surface area contributed by atoms with Crippen molar-refractivity contribution in [2.45, 2.75) is 13.8 Å². The maximum Gasteiger partial charge on any atom is 0.00172 e. The molecule has 0 saturated carbocycles. The lowest BCUT2D eigenvalue weighted by atomic mass is 10.1. The van der Waals surface area contributed by atoms with Crippen molar-refractivity contribution < 1.29 is 0 Å². The summed E-state index contributed by atoms with van der Waals surface area (Å²) >= 11 is 0. The first kappa shape index (κ1) is 11.5. The number of hydrogen-bond acceptors (Lipinski definition) is 1. The molecule has 0 aromatic heterocycles. The van der Waals surface area contributed by atoms with Crippen molar-refractivity contribution in [3.63, 3.8) is 0 Å². The van der Waals surface area contributed by atoms with E-state index in [1.165, 1.54) is 0 Å². The SMILES string of the molecule is C=CC(=C\N)/C(/C=C\C(=C)C)=C/C. The summed E-state index contributed by atoms with van der Waals surface area (Å²) in [4.78, 5) is 0. The van der Waals surface area contributed by atoms with Gasteiger partial charge in [0.25, 0.3) is 0 Å². The van der Waals surface area contributed by atoms with Gasteiger partial charge in [-0.3, -0.25) is 0 Å². The van der Waals surface area contributed by atoms with E-state index in [0.717, 1.165) is 16.7 Å². The lowest BCUT2D eigenvalue weighted by molar-refractivity contribution is 1.43. The molecular weight excluding hydrogens is 158 g/mol. The van der Waals surface area contributed by atoms with Crippen LogP contribution in [-0.2, 0) is 0 Å². The fraction of sp³-hybridized carbons (Fsp3) is 0.167. The fourth-order valence-electron chi connectivity index (χ4n) is 0.873. The van der Waals surface area contributed by atoms with E-state index in [9.17, 15) is 0 Å². The third-order valence-electron chi connectivity index (χ3n) is 1.59. The molecule has 0 aliphatic heterocycles. The van der Waals surface area contributed by atoms with Crippen LogP contribution in [0, 0.1) is 0 Å². The zero-order chi connectivity index (χ0) is 10.3. The van der Waals surface area contributed by atoms with E-state index in [1.54, 1.807) is 12.3 Å². The molecule has 0 bridgehead atoms. The first-order valence-electron chi connectivity index (χ1n) is 4.20. The van der Waals surface area contributed by atoms with Gasteiger partial charge < -0.3 is 5.73 Å². The highest BCUT2D eigenvalue weighted by Crippen LogP contribution is 2.12. The van der Waals surface area contributed by atoms with Crippen molar-refractivity contribution >= 4 is 0 Å². The average Bonchev–Trinajstić information content (AvgIpc) is 2.11. The Hall–Kier alpha value is -1.50. The highest BCUT2D eigenvalue weighted by molar-refractivity contribution is 5.46. The van der Waals surface area contributed by atoms with Gasteiger partial charge in [-0.25, -0.2) is 0 Å². The van der Waals surface area contributed by atoms with Crippen molar-refractivity contribution in [3.8, 4) is 0 Å². The lowest BCUT2D eigenvalue weighted by Gasteiger charge is -2.00. The van der Waals surface area contributed by atoms with Crippen LogP contribution in [0.1, 0.15) is 13.8 Å². The lowest BCUT2D eigenvalue weighted by Crippen LogP contribution is -1.88. The highest BCUT2D eigenvalue weighted by Gasteiger charge is 1.93. The Kier molecular flexibility index (Phi) is 5.37. The van der Waals surface area contributed by atoms with E-state index < -0.39 is 0 Å². The zero-order valence-corrected chi connectivity index (χ0v) is 8.38. The molecule has 1 heteroatoms. The van der Waals surface area contributed by atoms with Crippen LogP contribution in [0.25, 0.3) is 0 Å². The molecule has 13 heavy (non-hydrogen) atoms. The molecule has 0 unspecified atom stereocenters. The third-order valence-corrected chi connectivity index (χ3v) is 1.59. The quantitative estimate of drug-likeness (QED) is 0.653. The Morgan fingerprint density at radius 2 is 1.85 bits per heavy atom. The molecule has 70 valence electrons. The van der Waals surface area contributed by atoms with Crippen molar-refractivity contribution in [1.29, 1.82) is 0 Å². The van der Waals surface area contributed by atoms with E-state index in [-0.39, 0.29) is 0 Å². The summed E-state index contributed by atoms with van der Waals surface area (Å²) in [5.41, 5.74) is 8.44. The van der Waals surface area contributed by atoms with Crippen molar-refractivity contribution in [2.24, 2.45) is 5.73 Å². The second kappa shape index (κ2) is 6.06. The summed E-state index contributed by atoms with van der Waals surface area (Å²) in [6.45, 7) is 11.4.